The van der Waals surface area contributed by atoms with E-state index in [1.807, 2.05) is 0 Å². The van der Waals surface area contributed by atoms with E-state index in [1.165, 1.54) is 51.4 Å². The molecule has 6 nitrogen and oxygen atoms in total. The van der Waals surface area contributed by atoms with Crippen molar-refractivity contribution in [2.24, 2.45) is 46.7 Å². The number of piperidine rings is 2. The summed E-state index contributed by atoms with van der Waals surface area (Å²) >= 11 is 0. The Balaban J connectivity index is 1.29. The average molecular weight is 443 g/mol. The van der Waals surface area contributed by atoms with Crippen LogP contribution in [0.25, 0.3) is 0 Å². The van der Waals surface area contributed by atoms with Crippen LogP contribution in [0.2, 0.25) is 0 Å². The van der Waals surface area contributed by atoms with Crippen molar-refractivity contribution in [2.45, 2.75) is 89.4 Å². The van der Waals surface area contributed by atoms with E-state index in [2.05, 4.69) is 48.0 Å². The van der Waals surface area contributed by atoms with Gasteiger partial charge in [-0.3, -0.25) is 5.43 Å². The number of hydrogen-bond acceptors (Lipinski definition) is 6. The SMILES string of the molecule is CN1NC(C2CCC(C(C)(C)C#N)CC2)C2C3CC(C4CNCC(N)C4)CCC3NCC21. The van der Waals surface area contributed by atoms with Gasteiger partial charge in [-0.05, 0) is 107 Å². The average Bonchev–Trinajstić information content (AvgIpc) is 3.15. The molecule has 5 N–H and O–H groups in total. The summed E-state index contributed by atoms with van der Waals surface area (Å²) in [4.78, 5) is 0. The minimum Gasteiger partial charge on any atom is -0.327 e. The lowest BCUT2D eigenvalue weighted by molar-refractivity contribution is 0.0377. The first-order valence-electron chi connectivity index (χ1n) is 13.5. The number of nitriles is 1. The third-order valence-corrected chi connectivity index (χ3v) is 10.4. The normalized spacial score (nSPS) is 48.0. The fourth-order valence-corrected chi connectivity index (χ4v) is 8.44. The molecule has 180 valence electrons. The molecule has 0 amide bonds. The second-order valence-corrected chi connectivity index (χ2v) is 12.5. The van der Waals surface area contributed by atoms with Crippen LogP contribution in [0.1, 0.15) is 65.2 Å². The van der Waals surface area contributed by atoms with Crippen LogP contribution in [0.3, 0.4) is 0 Å². The molecule has 0 aromatic rings. The molecule has 0 spiro atoms. The maximum atomic E-state index is 9.60. The number of hydrogen-bond donors (Lipinski definition) is 4. The third kappa shape index (κ3) is 4.25. The number of nitrogens with two attached hydrogens (primary N) is 1. The molecule has 5 aliphatic rings. The lowest BCUT2D eigenvalue weighted by Gasteiger charge is -2.50. The monoisotopic (exact) mass is 442 g/mol. The molecule has 3 aliphatic heterocycles. The number of fused-ring (bicyclic) bond motifs is 3. The zero-order chi connectivity index (χ0) is 22.5. The second-order valence-electron chi connectivity index (χ2n) is 12.5. The summed E-state index contributed by atoms with van der Waals surface area (Å²) in [6.45, 7) is 7.56. The van der Waals surface area contributed by atoms with Crippen LogP contribution in [0.4, 0.5) is 0 Å². The number of nitrogens with one attached hydrogen (secondary N) is 3. The highest BCUT2D eigenvalue weighted by Gasteiger charge is 2.53. The van der Waals surface area contributed by atoms with Crippen molar-refractivity contribution in [1.82, 2.24) is 21.1 Å². The Labute approximate surface area is 195 Å². The zero-order valence-electron chi connectivity index (χ0n) is 20.5. The van der Waals surface area contributed by atoms with E-state index < -0.39 is 0 Å². The minimum atomic E-state index is -0.182. The first kappa shape index (κ1) is 23.1. The van der Waals surface area contributed by atoms with Gasteiger partial charge in [0.1, 0.15) is 0 Å². The number of likely N-dealkylation sites (N-methyl/N-ethyl adjacent to an activating group) is 1. The molecule has 2 saturated carbocycles. The van der Waals surface area contributed by atoms with Gasteiger partial charge in [0, 0.05) is 44.3 Å². The Morgan fingerprint density at radius 3 is 2.41 bits per heavy atom. The van der Waals surface area contributed by atoms with Gasteiger partial charge in [-0.15, -0.1) is 0 Å². The van der Waals surface area contributed by atoms with Gasteiger partial charge in [0.2, 0.25) is 0 Å². The van der Waals surface area contributed by atoms with Crippen molar-refractivity contribution in [1.29, 1.82) is 5.26 Å². The number of rotatable bonds is 3. The molecule has 3 saturated heterocycles. The smallest absolute Gasteiger partial charge is 0.0686 e. The summed E-state index contributed by atoms with van der Waals surface area (Å²) in [6.07, 6.45) is 10.3. The molecule has 5 fully saturated rings. The highest BCUT2D eigenvalue weighted by Crippen LogP contribution is 2.49. The van der Waals surface area contributed by atoms with E-state index in [9.17, 15) is 5.26 Å². The molecule has 5 rings (SSSR count). The number of nitrogens with zero attached hydrogens (tertiary/aromatic N) is 2. The van der Waals surface area contributed by atoms with Crippen LogP contribution in [-0.4, -0.2) is 55.9 Å². The molecule has 0 aromatic heterocycles. The lowest BCUT2D eigenvalue weighted by Crippen LogP contribution is -2.59. The maximum Gasteiger partial charge on any atom is 0.0686 e. The Morgan fingerprint density at radius 2 is 1.69 bits per heavy atom. The van der Waals surface area contributed by atoms with E-state index in [0.717, 1.165) is 49.2 Å². The van der Waals surface area contributed by atoms with Gasteiger partial charge < -0.3 is 16.4 Å². The second kappa shape index (κ2) is 9.15. The molecule has 6 heteroatoms. The fraction of sp³-hybridized carbons (Fsp3) is 0.962. The van der Waals surface area contributed by atoms with Gasteiger partial charge in [-0.1, -0.05) is 0 Å². The predicted octanol–water partition coefficient (Wildman–Crippen LogP) is 2.47. The van der Waals surface area contributed by atoms with Gasteiger partial charge in [0.25, 0.3) is 0 Å². The molecular formula is C26H46N6. The Hall–Kier alpha value is -0.710. The van der Waals surface area contributed by atoms with Gasteiger partial charge in [-0.25, -0.2) is 5.01 Å². The molecule has 3 heterocycles. The largest absolute Gasteiger partial charge is 0.327 e. The van der Waals surface area contributed by atoms with Crippen molar-refractivity contribution in [2.75, 3.05) is 26.7 Å². The van der Waals surface area contributed by atoms with Crippen molar-refractivity contribution >= 4 is 0 Å². The zero-order valence-corrected chi connectivity index (χ0v) is 20.5. The third-order valence-electron chi connectivity index (χ3n) is 10.4. The van der Waals surface area contributed by atoms with E-state index in [4.69, 9.17) is 5.73 Å². The van der Waals surface area contributed by atoms with Crippen molar-refractivity contribution in [3.05, 3.63) is 0 Å². The molecule has 0 radical (unpaired) electrons. The molecule has 8 atom stereocenters. The highest BCUT2D eigenvalue weighted by atomic mass is 15.6. The van der Waals surface area contributed by atoms with Crippen LogP contribution >= 0.6 is 0 Å². The highest BCUT2D eigenvalue weighted by molar-refractivity contribution is 5.08. The quantitative estimate of drug-likeness (QED) is 0.537. The van der Waals surface area contributed by atoms with Crippen LogP contribution in [0.15, 0.2) is 0 Å². The Morgan fingerprint density at radius 1 is 0.938 bits per heavy atom. The summed E-state index contributed by atoms with van der Waals surface area (Å²) in [7, 11) is 2.27. The van der Waals surface area contributed by atoms with Crippen LogP contribution in [-0.2, 0) is 0 Å². The first-order valence-corrected chi connectivity index (χ1v) is 13.5. The van der Waals surface area contributed by atoms with Crippen LogP contribution < -0.4 is 21.8 Å². The summed E-state index contributed by atoms with van der Waals surface area (Å²) in [6, 6.07) is 4.83. The molecule has 32 heavy (non-hydrogen) atoms. The Bertz CT molecular complexity index is 695. The predicted molar refractivity (Wildman–Crippen MR) is 128 cm³/mol. The molecule has 0 bridgehead atoms. The molecule has 0 aromatic carbocycles. The minimum absolute atomic E-state index is 0.182. The van der Waals surface area contributed by atoms with Gasteiger partial charge >= 0.3 is 0 Å². The summed E-state index contributed by atoms with van der Waals surface area (Å²) in [5.74, 6) is 4.43. The van der Waals surface area contributed by atoms with Crippen molar-refractivity contribution in [3.63, 3.8) is 0 Å². The topological polar surface area (TPSA) is 89.1 Å². The van der Waals surface area contributed by atoms with Gasteiger partial charge in [0.05, 0.1) is 11.5 Å². The summed E-state index contributed by atoms with van der Waals surface area (Å²) in [5, 5.41) is 19.6. The molecule has 2 aliphatic carbocycles. The van der Waals surface area contributed by atoms with Gasteiger partial charge in [0.15, 0.2) is 0 Å². The van der Waals surface area contributed by atoms with Crippen LogP contribution in [0, 0.1) is 52.3 Å². The van der Waals surface area contributed by atoms with E-state index in [0.29, 0.717) is 30.1 Å². The van der Waals surface area contributed by atoms with E-state index >= 15 is 0 Å². The van der Waals surface area contributed by atoms with E-state index in [1.54, 1.807) is 0 Å². The standard InChI is InChI=1S/C26H46N6/c1-26(2,15-27)19-7-4-16(5-8-19)25-24-21-11-17(18-10-20(28)13-29-12-18)6-9-22(21)30-14-23(24)32(3)31-25/h16-25,29-31H,4-14,28H2,1-3H3. The summed E-state index contributed by atoms with van der Waals surface area (Å²) in [5.41, 5.74) is 10.1. The van der Waals surface area contributed by atoms with Gasteiger partial charge in [-0.2, -0.15) is 5.26 Å². The lowest BCUT2D eigenvalue weighted by atomic mass is 9.60. The fourth-order valence-electron chi connectivity index (χ4n) is 8.44. The van der Waals surface area contributed by atoms with Crippen molar-refractivity contribution in [3.8, 4) is 6.07 Å². The summed E-state index contributed by atoms with van der Waals surface area (Å²) < 4.78 is 0. The Kier molecular flexibility index (Phi) is 6.59. The molecule has 8 unspecified atom stereocenters. The maximum absolute atomic E-state index is 9.60. The van der Waals surface area contributed by atoms with Crippen LogP contribution in [0.5, 0.6) is 0 Å². The van der Waals surface area contributed by atoms with Crippen molar-refractivity contribution < 1.29 is 0 Å². The first-order chi connectivity index (χ1) is 15.4. The van der Waals surface area contributed by atoms with E-state index in [-0.39, 0.29) is 5.41 Å². The number of hydrazine groups is 1. The molecular weight excluding hydrogens is 396 g/mol.